The zero-order valence-electron chi connectivity index (χ0n) is 28.2. The van der Waals surface area contributed by atoms with Gasteiger partial charge in [0.1, 0.15) is 36.0 Å². The van der Waals surface area contributed by atoms with E-state index in [1.807, 2.05) is 23.1 Å². The smallest absolute Gasteiger partial charge is 0.319 e. The Morgan fingerprint density at radius 1 is 1.13 bits per heavy atom. The lowest BCUT2D eigenvalue weighted by Gasteiger charge is -2.40. The van der Waals surface area contributed by atoms with Crippen LogP contribution in [0.1, 0.15) is 32.1 Å². The van der Waals surface area contributed by atoms with E-state index in [2.05, 4.69) is 16.3 Å². The van der Waals surface area contributed by atoms with Gasteiger partial charge in [-0.3, -0.25) is 9.69 Å². The fourth-order valence-corrected chi connectivity index (χ4v) is 8.66. The van der Waals surface area contributed by atoms with Gasteiger partial charge in [0, 0.05) is 48.9 Å². The number of amides is 1. The number of nitrogens with zero attached hydrogens (tertiary/aromatic N) is 6. The number of carbonyl (C=O) groups excluding carboxylic acids is 1. The first-order valence-electron chi connectivity index (χ1n) is 17.4. The van der Waals surface area contributed by atoms with E-state index in [1.54, 1.807) is 12.1 Å². The maximum absolute atomic E-state index is 14.9. The summed E-state index contributed by atoms with van der Waals surface area (Å²) in [7, 11) is 0. The summed E-state index contributed by atoms with van der Waals surface area (Å²) in [5.41, 5.74) is 0.961. The topological polar surface area (TPSA) is 75.4 Å². The minimum absolute atomic E-state index is 0.0410. The van der Waals surface area contributed by atoms with Crippen LogP contribution in [0, 0.1) is 12.4 Å². The van der Waals surface area contributed by atoms with Crippen molar-refractivity contribution in [2.24, 2.45) is 0 Å². The van der Waals surface area contributed by atoms with Crippen LogP contribution in [0.15, 0.2) is 48.8 Å². The van der Waals surface area contributed by atoms with Crippen LogP contribution in [0.25, 0.3) is 37.6 Å². The lowest BCUT2D eigenvalue weighted by Crippen LogP contribution is -2.56. The van der Waals surface area contributed by atoms with Crippen molar-refractivity contribution >= 4 is 56.6 Å². The van der Waals surface area contributed by atoms with Gasteiger partial charge in [-0.15, -0.1) is 0 Å². The van der Waals surface area contributed by atoms with E-state index >= 15 is 0 Å². The summed E-state index contributed by atoms with van der Waals surface area (Å²) in [6, 6.07) is 9.57. The molecule has 14 heteroatoms. The number of halogens is 5. The van der Waals surface area contributed by atoms with Gasteiger partial charge in [-0.25, -0.2) is 19.7 Å². The van der Waals surface area contributed by atoms with Gasteiger partial charge in [-0.1, -0.05) is 54.0 Å². The van der Waals surface area contributed by atoms with Crippen molar-refractivity contribution in [3.63, 3.8) is 0 Å². The Hall–Kier alpha value is -4.31. The average molecular weight is 752 g/mol. The fraction of sp³-hybridized carbons (Fsp3) is 0.421. The Balaban J connectivity index is 1.30. The largest absolute Gasteiger partial charge is 0.487 e. The zero-order valence-corrected chi connectivity index (χ0v) is 29.7. The number of alkyl halides is 1. The van der Waals surface area contributed by atoms with Gasteiger partial charge in [0.25, 0.3) is 5.91 Å². The van der Waals surface area contributed by atoms with Crippen molar-refractivity contribution in [3.8, 4) is 22.9 Å². The zero-order chi connectivity index (χ0) is 36.3. The summed E-state index contributed by atoms with van der Waals surface area (Å²) in [6.07, 6.45) is 2.66. The second-order valence-electron chi connectivity index (χ2n) is 14.1. The molecule has 270 valence electrons. The quantitative estimate of drug-likeness (QED) is 0.128. The Labute approximate surface area is 308 Å². The van der Waals surface area contributed by atoms with E-state index in [9.17, 15) is 18.0 Å². The molecular formula is C38H35Cl2F3N6O3. The Bertz CT molecular complexity index is 2160. The fourth-order valence-electron chi connectivity index (χ4n) is 8.09. The molecule has 4 aromatic rings. The summed E-state index contributed by atoms with van der Waals surface area (Å²) in [5.74, 6) is -1.74. The molecule has 0 unspecified atom stereocenters. The third-order valence-electron chi connectivity index (χ3n) is 10.7. The molecule has 4 aliphatic rings. The molecule has 8 rings (SSSR count). The lowest BCUT2D eigenvalue weighted by atomic mass is 9.95. The third kappa shape index (κ3) is 6.16. The minimum atomic E-state index is -1.09. The molecule has 0 bridgehead atoms. The van der Waals surface area contributed by atoms with Crippen LogP contribution in [0.5, 0.6) is 11.8 Å². The first-order valence-corrected chi connectivity index (χ1v) is 18.2. The number of ether oxygens (including phenoxy) is 2. The number of hydrogen-bond donors (Lipinski definition) is 0. The molecular weight excluding hydrogens is 716 g/mol. The van der Waals surface area contributed by atoms with Crippen LogP contribution < -0.4 is 14.4 Å². The number of benzene rings is 3. The van der Waals surface area contributed by atoms with E-state index in [0.29, 0.717) is 57.3 Å². The van der Waals surface area contributed by atoms with Crippen LogP contribution in [-0.4, -0.2) is 95.4 Å². The van der Waals surface area contributed by atoms with Crippen molar-refractivity contribution in [2.75, 3.05) is 50.8 Å². The van der Waals surface area contributed by atoms with Gasteiger partial charge in [0.15, 0.2) is 11.6 Å². The van der Waals surface area contributed by atoms with Gasteiger partial charge < -0.3 is 24.1 Å². The highest BCUT2D eigenvalue weighted by atomic mass is 35.5. The number of fused-ring (bicyclic) bond motifs is 3. The van der Waals surface area contributed by atoms with E-state index in [4.69, 9.17) is 49.2 Å². The number of rotatable bonds is 9. The molecule has 0 radical (unpaired) electrons. The van der Waals surface area contributed by atoms with Crippen LogP contribution >= 0.6 is 23.2 Å². The summed E-state index contributed by atoms with van der Waals surface area (Å²) >= 11 is 13.8. The number of hydrogen-bond acceptors (Lipinski definition) is 7. The molecule has 4 heterocycles. The van der Waals surface area contributed by atoms with Crippen LogP contribution in [0.4, 0.5) is 19.0 Å². The third-order valence-corrected chi connectivity index (χ3v) is 11.3. The monoisotopic (exact) mass is 750 g/mol. The molecule has 4 fully saturated rings. The predicted octanol–water partition coefficient (Wildman–Crippen LogP) is 7.81. The molecule has 0 N–H and O–H groups in total. The van der Waals surface area contributed by atoms with E-state index in [0.717, 1.165) is 32.2 Å². The minimum Gasteiger partial charge on any atom is -0.487 e. The van der Waals surface area contributed by atoms with E-state index in [1.165, 1.54) is 11.0 Å². The maximum Gasteiger partial charge on any atom is 0.319 e. The Kier molecular flexibility index (Phi) is 9.08. The molecule has 3 aromatic carbocycles. The summed E-state index contributed by atoms with van der Waals surface area (Å²) in [6.45, 7) is 12.5. The van der Waals surface area contributed by atoms with Gasteiger partial charge in [0.2, 0.25) is 6.54 Å². The van der Waals surface area contributed by atoms with Crippen LogP contribution in [0.3, 0.4) is 0 Å². The first kappa shape index (κ1) is 34.8. The average Bonchev–Trinajstić information content (AvgIpc) is 3.78. The number of aromatic nitrogens is 2. The molecule has 52 heavy (non-hydrogen) atoms. The van der Waals surface area contributed by atoms with Crippen LogP contribution in [-0.2, 0) is 4.79 Å². The molecule has 3 aliphatic heterocycles. The van der Waals surface area contributed by atoms with Crippen molar-refractivity contribution in [2.45, 2.75) is 56.0 Å². The highest BCUT2D eigenvalue weighted by Crippen LogP contribution is 2.49. The van der Waals surface area contributed by atoms with Crippen molar-refractivity contribution < 1.29 is 27.4 Å². The molecule has 3 saturated heterocycles. The second kappa shape index (κ2) is 13.6. The van der Waals surface area contributed by atoms with Gasteiger partial charge in [0.05, 0.1) is 21.7 Å². The Morgan fingerprint density at radius 2 is 1.96 bits per heavy atom. The van der Waals surface area contributed by atoms with Crippen LogP contribution in [0.2, 0.25) is 10.0 Å². The van der Waals surface area contributed by atoms with Crippen molar-refractivity contribution in [3.05, 3.63) is 76.1 Å². The number of piperazine rings is 1. The molecule has 0 spiro atoms. The highest BCUT2D eigenvalue weighted by Gasteiger charge is 2.49. The van der Waals surface area contributed by atoms with Gasteiger partial charge >= 0.3 is 6.01 Å². The summed E-state index contributed by atoms with van der Waals surface area (Å²) in [5, 5.41) is 1.94. The lowest BCUT2D eigenvalue weighted by molar-refractivity contribution is -0.131. The first-order chi connectivity index (χ1) is 25.1. The molecule has 1 aliphatic carbocycles. The summed E-state index contributed by atoms with van der Waals surface area (Å²) in [4.78, 5) is 31.4. The van der Waals surface area contributed by atoms with Gasteiger partial charge in [-0.2, -0.15) is 9.97 Å². The van der Waals surface area contributed by atoms with E-state index in [-0.39, 0.29) is 54.9 Å². The summed E-state index contributed by atoms with van der Waals surface area (Å²) < 4.78 is 56.7. The molecule has 1 saturated carbocycles. The molecule has 9 nitrogen and oxygen atoms in total. The number of anilines is 1. The Morgan fingerprint density at radius 3 is 2.73 bits per heavy atom. The molecule has 3 atom stereocenters. The molecule has 1 aromatic heterocycles. The maximum atomic E-state index is 14.9. The number of carbonyl (C=O) groups is 1. The SMILES string of the molecule is [C-]#[N+]C[C@H]1CN(c2nc(OC[C@@]34CCCN3C[C@H](F)C4)nc3c(OC4CC4)c(-c4cccc5ccc(F)c(Cl)c45)c(Cl)cc23)CCN1C(=O)C(=C)F. The second-order valence-corrected chi connectivity index (χ2v) is 14.9. The van der Waals surface area contributed by atoms with Crippen molar-refractivity contribution in [1.82, 2.24) is 19.8 Å². The predicted molar refractivity (Wildman–Crippen MR) is 194 cm³/mol. The highest BCUT2D eigenvalue weighted by molar-refractivity contribution is 6.39. The molecule has 1 amide bonds. The van der Waals surface area contributed by atoms with Crippen molar-refractivity contribution in [1.29, 1.82) is 0 Å². The van der Waals surface area contributed by atoms with Gasteiger partial charge in [-0.05, 0) is 55.3 Å². The standard InChI is InChI=1S/C38H35Cl2F3N6O3/c1-21(41)36(50)49-14-13-47(19-24(49)17-44-2)35-27-15-28(39)31(26-6-3-5-22-7-10-29(43)32(40)30(22)26)34(52-25-8-9-25)33(27)45-37(46-35)51-20-38-11-4-12-48(38)18-23(42)16-38/h3,5-7,10,15,23-25H,1,4,8-9,11-14,16-20H2/t23-,24+,38+/m1/s1. The normalized spacial score (nSPS) is 23.2. The van der Waals surface area contributed by atoms with E-state index < -0.39 is 35.3 Å².